The molecule has 0 saturated carbocycles. The molecule has 0 aliphatic rings. The van der Waals surface area contributed by atoms with Crippen molar-refractivity contribution < 1.29 is 26.4 Å². The Morgan fingerprint density at radius 1 is 0.272 bits per heavy atom. The molecule has 3 aromatic heterocycles. The number of halogens is 4. The van der Waals surface area contributed by atoms with Gasteiger partial charge in [-0.1, -0.05) is 158 Å². The normalized spacial score (nSPS) is 11.7. The smallest absolute Gasteiger partial charge is 0.147 e. The van der Waals surface area contributed by atoms with Crippen LogP contribution in [0.4, 0.5) is 51.7 Å². The Morgan fingerprint density at radius 3 is 0.963 bits per heavy atom. The van der Waals surface area contributed by atoms with Gasteiger partial charge in [0.25, 0.3) is 0 Å². The molecule has 0 spiro atoms. The molecular formula is C72H43F4N3O2. The maximum absolute atomic E-state index is 16.7. The summed E-state index contributed by atoms with van der Waals surface area (Å²) in [5.41, 5.74) is 11.4. The minimum absolute atomic E-state index is 0.112. The van der Waals surface area contributed by atoms with Crippen LogP contribution >= 0.6 is 0 Å². The monoisotopic (exact) mass is 1060 g/mol. The van der Waals surface area contributed by atoms with Gasteiger partial charge in [-0.05, 0) is 137 Å². The van der Waals surface area contributed by atoms with Gasteiger partial charge in [0.05, 0.1) is 66.7 Å². The van der Waals surface area contributed by atoms with Crippen molar-refractivity contribution in [2.45, 2.75) is 0 Å². The molecular weight excluding hydrogens is 1010 g/mol. The van der Waals surface area contributed by atoms with Crippen LogP contribution in [0.2, 0.25) is 0 Å². The predicted molar refractivity (Wildman–Crippen MR) is 321 cm³/mol. The standard InChI is InChI=1S/C72H43F4N3O2/c73-53-25-9-13-29-57(53)78(58-30-14-10-26-54(58)74)61-42-63-69(71-67(61)51-23-7-17-33-65(51)80-71)70-64(77(63)50-37-35-46(36-38-50)49-40-47(44-19-3-1-4-20-44)39-48(41-49)45-21-5-2-6-22-45)43-62(68-52-24-8-18-34-66(52)81-72(68)70)79(59-31-15-11-27-55(59)75)60-32-16-12-28-56(60)76/h1-43H. The van der Waals surface area contributed by atoms with Gasteiger partial charge in [0.1, 0.15) is 45.6 Å². The number of benzene rings is 12. The number of anilines is 6. The molecule has 0 atom stereocenters. The second kappa shape index (κ2) is 19.1. The second-order valence-corrected chi connectivity index (χ2v) is 20.1. The first-order valence-electron chi connectivity index (χ1n) is 26.6. The third-order valence-electron chi connectivity index (χ3n) is 15.4. The maximum atomic E-state index is 16.7. The van der Waals surface area contributed by atoms with E-state index >= 15 is 17.6 Å². The fraction of sp³-hybridized carbons (Fsp3) is 0. The summed E-state index contributed by atoms with van der Waals surface area (Å²) in [5, 5.41) is 3.91. The van der Waals surface area contributed by atoms with Crippen LogP contribution in [-0.2, 0) is 0 Å². The van der Waals surface area contributed by atoms with Crippen LogP contribution in [0.3, 0.4) is 0 Å². The average molecular weight is 1060 g/mol. The number of nitrogens with zero attached hydrogens (tertiary/aromatic N) is 3. The van der Waals surface area contributed by atoms with E-state index in [1.807, 2.05) is 109 Å². The van der Waals surface area contributed by atoms with Crippen LogP contribution in [-0.4, -0.2) is 4.57 Å². The van der Waals surface area contributed by atoms with Crippen molar-refractivity contribution in [2.75, 3.05) is 9.80 Å². The van der Waals surface area contributed by atoms with E-state index in [1.165, 1.54) is 24.3 Å². The van der Waals surface area contributed by atoms with Gasteiger partial charge < -0.3 is 23.2 Å². The summed E-state index contributed by atoms with van der Waals surface area (Å²) in [6, 6.07) is 80.0. The first kappa shape index (κ1) is 47.6. The van der Waals surface area contributed by atoms with Gasteiger partial charge in [0.15, 0.2) is 0 Å². The molecule has 0 fully saturated rings. The van der Waals surface area contributed by atoms with E-state index in [4.69, 9.17) is 8.83 Å². The first-order valence-corrected chi connectivity index (χ1v) is 26.6. The summed E-state index contributed by atoms with van der Waals surface area (Å²) in [7, 11) is 0. The number of para-hydroxylation sites is 6. The van der Waals surface area contributed by atoms with Crippen LogP contribution < -0.4 is 9.80 Å². The highest BCUT2D eigenvalue weighted by Crippen LogP contribution is 2.54. The summed E-state index contributed by atoms with van der Waals surface area (Å²) < 4.78 is 83.1. The van der Waals surface area contributed by atoms with E-state index in [2.05, 4.69) is 59.2 Å². The average Bonchev–Trinajstić information content (AvgIpc) is 4.21. The zero-order valence-corrected chi connectivity index (χ0v) is 43.0. The highest BCUT2D eigenvalue weighted by Gasteiger charge is 2.32. The molecule has 0 amide bonds. The quantitative estimate of drug-likeness (QED) is 0.128. The molecule has 15 aromatic rings. The lowest BCUT2D eigenvalue weighted by Crippen LogP contribution is -2.14. The summed E-state index contributed by atoms with van der Waals surface area (Å²) in [6.07, 6.45) is 0. The molecule has 0 N–H and O–H groups in total. The van der Waals surface area contributed by atoms with Gasteiger partial charge in [-0.3, -0.25) is 0 Å². The van der Waals surface area contributed by atoms with Gasteiger partial charge in [-0.25, -0.2) is 17.6 Å². The van der Waals surface area contributed by atoms with Crippen molar-refractivity contribution in [2.24, 2.45) is 0 Å². The minimum atomic E-state index is -0.570. The predicted octanol–water partition coefficient (Wildman–Crippen LogP) is 21.1. The van der Waals surface area contributed by atoms with Crippen LogP contribution in [0.15, 0.2) is 270 Å². The largest absolute Gasteiger partial charge is 0.455 e. The van der Waals surface area contributed by atoms with Gasteiger partial charge in [-0.15, -0.1) is 0 Å². The van der Waals surface area contributed by atoms with E-state index < -0.39 is 23.3 Å². The molecule has 0 unspecified atom stereocenters. The van der Waals surface area contributed by atoms with Crippen molar-refractivity contribution in [3.05, 3.63) is 284 Å². The lowest BCUT2D eigenvalue weighted by molar-refractivity contribution is 0.619. The van der Waals surface area contributed by atoms with Crippen molar-refractivity contribution in [1.82, 2.24) is 4.57 Å². The van der Waals surface area contributed by atoms with Gasteiger partial charge in [0.2, 0.25) is 0 Å². The Bertz CT molecular complexity index is 4580. The van der Waals surface area contributed by atoms with E-state index in [9.17, 15) is 0 Å². The number of aromatic nitrogens is 1. The SMILES string of the molecule is Fc1ccccc1N(c1ccccc1F)c1cc2c(c3oc4ccccc4c13)c1c3oc4ccccc4c3c(N(c3ccccc3F)c3ccccc3F)cc1n2-c1ccc(-c2cc(-c3ccccc3)cc(-c3ccccc3)c2)cc1. The third-order valence-corrected chi connectivity index (χ3v) is 15.4. The molecule has 81 heavy (non-hydrogen) atoms. The Kier molecular flexibility index (Phi) is 11.2. The minimum Gasteiger partial charge on any atom is -0.455 e. The molecule has 386 valence electrons. The van der Waals surface area contributed by atoms with Gasteiger partial charge in [0, 0.05) is 16.5 Å². The Hall–Kier alpha value is -10.6. The van der Waals surface area contributed by atoms with Crippen molar-refractivity contribution >= 4 is 99.8 Å². The number of fused-ring (bicyclic) bond motifs is 11. The number of hydrogen-bond acceptors (Lipinski definition) is 4. The lowest BCUT2D eigenvalue weighted by atomic mass is 9.93. The maximum Gasteiger partial charge on any atom is 0.147 e. The van der Waals surface area contributed by atoms with Gasteiger partial charge >= 0.3 is 0 Å². The molecule has 3 heterocycles. The highest BCUT2D eigenvalue weighted by molar-refractivity contribution is 6.35. The molecule has 0 saturated heterocycles. The van der Waals surface area contributed by atoms with E-state index in [1.54, 1.807) is 82.6 Å². The van der Waals surface area contributed by atoms with Crippen LogP contribution in [0.1, 0.15) is 0 Å². The number of rotatable bonds is 10. The molecule has 9 heteroatoms. The van der Waals surface area contributed by atoms with E-state index in [0.717, 1.165) is 33.4 Å². The molecule has 0 aliphatic carbocycles. The fourth-order valence-corrected chi connectivity index (χ4v) is 11.8. The molecule has 5 nitrogen and oxygen atoms in total. The van der Waals surface area contributed by atoms with Crippen molar-refractivity contribution in [3.63, 3.8) is 0 Å². The molecule has 12 aromatic carbocycles. The summed E-state index contributed by atoms with van der Waals surface area (Å²) >= 11 is 0. The topological polar surface area (TPSA) is 37.7 Å². The number of hydrogen-bond donors (Lipinski definition) is 0. The van der Waals surface area contributed by atoms with E-state index in [-0.39, 0.29) is 22.7 Å². The third kappa shape index (κ3) is 7.76. The zero-order valence-electron chi connectivity index (χ0n) is 43.0. The molecule has 0 bridgehead atoms. The summed E-state index contributed by atoms with van der Waals surface area (Å²) in [5.74, 6) is -2.28. The molecule has 0 radical (unpaired) electrons. The fourth-order valence-electron chi connectivity index (χ4n) is 11.8. The van der Waals surface area contributed by atoms with Crippen LogP contribution in [0.25, 0.3) is 105 Å². The Morgan fingerprint density at radius 2 is 0.593 bits per heavy atom. The van der Waals surface area contributed by atoms with Gasteiger partial charge in [-0.2, -0.15) is 0 Å². The zero-order chi connectivity index (χ0) is 54.3. The molecule has 15 rings (SSSR count). The first-order chi connectivity index (χ1) is 39.9. The summed E-state index contributed by atoms with van der Waals surface area (Å²) in [4.78, 5) is 3.23. The Labute approximate surface area is 461 Å². The number of furan rings is 2. The molecule has 0 aliphatic heterocycles. The van der Waals surface area contributed by atoms with Crippen molar-refractivity contribution in [3.8, 4) is 39.1 Å². The summed E-state index contributed by atoms with van der Waals surface area (Å²) in [6.45, 7) is 0. The lowest BCUT2D eigenvalue weighted by Gasteiger charge is -2.27. The highest BCUT2D eigenvalue weighted by atomic mass is 19.1. The second-order valence-electron chi connectivity index (χ2n) is 20.1. The Balaban J connectivity index is 1.10. The van der Waals surface area contributed by atoms with E-state index in [0.29, 0.717) is 82.7 Å². The van der Waals surface area contributed by atoms with Crippen LogP contribution in [0.5, 0.6) is 0 Å². The van der Waals surface area contributed by atoms with Crippen LogP contribution in [0, 0.1) is 23.3 Å². The van der Waals surface area contributed by atoms with Crippen molar-refractivity contribution in [1.29, 1.82) is 0 Å².